The van der Waals surface area contributed by atoms with Crippen molar-refractivity contribution in [2.45, 2.75) is 97.3 Å². The summed E-state index contributed by atoms with van der Waals surface area (Å²) in [5, 5.41) is 13.5. The Kier molecular flexibility index (Phi) is 5.61. The van der Waals surface area contributed by atoms with E-state index in [9.17, 15) is 5.26 Å². The summed E-state index contributed by atoms with van der Waals surface area (Å²) in [6.07, 6.45) is 8.06. The maximum Gasteiger partial charge on any atom is 0.0992 e. The molecule has 0 aromatic heterocycles. The first-order valence-electron chi connectivity index (χ1n) is 11.8. The van der Waals surface area contributed by atoms with Gasteiger partial charge in [-0.05, 0) is 86.9 Å². The average molecular weight is 372 g/mol. The third-order valence-electron chi connectivity index (χ3n) is 9.31. The summed E-state index contributed by atoms with van der Waals surface area (Å²) in [6.45, 7) is 13.4. The van der Waals surface area contributed by atoms with Crippen LogP contribution in [0.3, 0.4) is 0 Å². The minimum atomic E-state index is 0.181. The number of nitrogens with zero attached hydrogens (tertiary/aromatic N) is 2. The van der Waals surface area contributed by atoms with Gasteiger partial charge >= 0.3 is 0 Å². The lowest BCUT2D eigenvalue weighted by Crippen LogP contribution is -2.56. The van der Waals surface area contributed by atoms with Gasteiger partial charge in [0.15, 0.2) is 0 Å². The molecule has 3 heteroatoms. The van der Waals surface area contributed by atoms with Gasteiger partial charge in [-0.2, -0.15) is 5.26 Å². The van der Waals surface area contributed by atoms with Crippen LogP contribution in [0.15, 0.2) is 0 Å². The van der Waals surface area contributed by atoms with Gasteiger partial charge in [-0.15, -0.1) is 0 Å². The fraction of sp³-hybridized carbons (Fsp3) is 0.958. The van der Waals surface area contributed by atoms with Crippen LogP contribution < -0.4 is 5.32 Å². The Morgan fingerprint density at radius 2 is 1.67 bits per heavy atom. The highest BCUT2D eigenvalue weighted by Crippen LogP contribution is 2.49. The van der Waals surface area contributed by atoms with Gasteiger partial charge < -0.3 is 5.32 Å². The molecule has 4 fully saturated rings. The normalized spacial score (nSPS) is 48.9. The van der Waals surface area contributed by atoms with Gasteiger partial charge in [0, 0.05) is 24.7 Å². The molecule has 2 aliphatic heterocycles. The summed E-state index contributed by atoms with van der Waals surface area (Å²) in [5.74, 6) is 5.91. The SMILES string of the molecule is CC(C)C1CCC2NC(C3CC(C(C)N4CCC4C#N)C(C)CC3C)CC21. The van der Waals surface area contributed by atoms with Crippen LogP contribution in [0.2, 0.25) is 0 Å². The van der Waals surface area contributed by atoms with Crippen molar-refractivity contribution in [1.82, 2.24) is 10.2 Å². The Morgan fingerprint density at radius 3 is 2.30 bits per heavy atom. The van der Waals surface area contributed by atoms with Crippen molar-refractivity contribution >= 4 is 0 Å². The van der Waals surface area contributed by atoms with Crippen LogP contribution >= 0.6 is 0 Å². The average Bonchev–Trinajstić information content (AvgIpc) is 3.14. The third kappa shape index (κ3) is 3.46. The smallest absolute Gasteiger partial charge is 0.0992 e. The second-order valence-corrected chi connectivity index (χ2v) is 10.9. The molecule has 10 unspecified atom stereocenters. The Bertz CT molecular complexity index is 566. The van der Waals surface area contributed by atoms with Crippen molar-refractivity contribution < 1.29 is 0 Å². The van der Waals surface area contributed by atoms with Crippen LogP contribution in [0.1, 0.15) is 73.1 Å². The van der Waals surface area contributed by atoms with E-state index in [1.54, 1.807) is 0 Å². The Hall–Kier alpha value is -0.590. The van der Waals surface area contributed by atoms with E-state index in [1.807, 2.05) is 0 Å². The topological polar surface area (TPSA) is 39.1 Å². The van der Waals surface area contributed by atoms with E-state index in [4.69, 9.17) is 0 Å². The summed E-state index contributed by atoms with van der Waals surface area (Å²) >= 11 is 0. The maximum atomic E-state index is 9.40. The maximum absolute atomic E-state index is 9.40. The molecule has 2 saturated heterocycles. The van der Waals surface area contributed by atoms with Crippen molar-refractivity contribution in [2.75, 3.05) is 6.54 Å². The lowest BCUT2D eigenvalue weighted by Gasteiger charge is -2.50. The molecule has 0 bridgehead atoms. The first-order chi connectivity index (χ1) is 12.9. The van der Waals surface area contributed by atoms with E-state index in [2.05, 4.69) is 50.9 Å². The van der Waals surface area contributed by atoms with Crippen molar-refractivity contribution in [2.24, 2.45) is 41.4 Å². The lowest BCUT2D eigenvalue weighted by molar-refractivity contribution is -0.00478. The van der Waals surface area contributed by atoms with Crippen LogP contribution in [0.4, 0.5) is 0 Å². The zero-order valence-corrected chi connectivity index (χ0v) is 18.2. The number of nitriles is 1. The Balaban J connectivity index is 1.43. The van der Waals surface area contributed by atoms with E-state index in [0.29, 0.717) is 6.04 Å². The van der Waals surface area contributed by atoms with E-state index in [-0.39, 0.29) is 6.04 Å². The first kappa shape index (κ1) is 19.7. The van der Waals surface area contributed by atoms with Crippen molar-refractivity contribution in [3.63, 3.8) is 0 Å². The second-order valence-electron chi connectivity index (χ2n) is 10.9. The molecule has 4 aliphatic rings. The van der Waals surface area contributed by atoms with E-state index < -0.39 is 0 Å². The van der Waals surface area contributed by atoms with Crippen LogP contribution in [-0.4, -0.2) is 35.6 Å². The number of hydrogen-bond acceptors (Lipinski definition) is 3. The molecule has 0 aromatic carbocycles. The molecule has 2 saturated carbocycles. The van der Waals surface area contributed by atoms with Gasteiger partial charge in [-0.25, -0.2) is 0 Å². The molecular weight excluding hydrogens is 330 g/mol. The van der Waals surface area contributed by atoms with Crippen LogP contribution in [0.25, 0.3) is 0 Å². The van der Waals surface area contributed by atoms with E-state index in [0.717, 1.165) is 66.5 Å². The molecule has 3 nitrogen and oxygen atoms in total. The minimum absolute atomic E-state index is 0.181. The Morgan fingerprint density at radius 1 is 0.889 bits per heavy atom. The summed E-state index contributed by atoms with van der Waals surface area (Å²) < 4.78 is 0. The highest BCUT2D eigenvalue weighted by Gasteiger charge is 2.49. The molecule has 0 aromatic rings. The summed E-state index contributed by atoms with van der Waals surface area (Å²) in [4.78, 5) is 2.49. The van der Waals surface area contributed by atoms with Gasteiger partial charge in [-0.3, -0.25) is 4.90 Å². The highest BCUT2D eigenvalue weighted by atomic mass is 15.2. The van der Waals surface area contributed by atoms with Crippen LogP contribution in [0.5, 0.6) is 0 Å². The highest BCUT2D eigenvalue weighted by molar-refractivity contribution is 5.06. The number of likely N-dealkylation sites (tertiary alicyclic amines) is 1. The van der Waals surface area contributed by atoms with Gasteiger partial charge in [0.1, 0.15) is 0 Å². The summed E-state index contributed by atoms with van der Waals surface area (Å²) in [5.41, 5.74) is 0. The number of rotatable bonds is 4. The zero-order chi connectivity index (χ0) is 19.3. The van der Waals surface area contributed by atoms with Gasteiger partial charge in [0.2, 0.25) is 0 Å². The standard InChI is InChI=1S/C24H41N3/c1-14(2)19-6-7-23-22(19)12-24(26-23)21-11-20(15(3)10-16(21)4)17(5)27-9-8-18(27)13-25/h14-24,26H,6-12H2,1-5H3. The molecule has 2 heterocycles. The molecule has 4 rings (SSSR count). The van der Waals surface area contributed by atoms with Crippen LogP contribution in [0, 0.1) is 52.8 Å². The first-order valence-corrected chi connectivity index (χ1v) is 11.8. The van der Waals surface area contributed by atoms with Crippen molar-refractivity contribution in [1.29, 1.82) is 5.26 Å². The largest absolute Gasteiger partial charge is 0.311 e. The molecule has 152 valence electrons. The number of fused-ring (bicyclic) bond motifs is 1. The second kappa shape index (κ2) is 7.68. The molecule has 0 amide bonds. The third-order valence-corrected chi connectivity index (χ3v) is 9.31. The van der Waals surface area contributed by atoms with Gasteiger partial charge in [0.05, 0.1) is 12.1 Å². The molecule has 27 heavy (non-hydrogen) atoms. The summed E-state index contributed by atoms with van der Waals surface area (Å²) in [7, 11) is 0. The number of nitrogens with one attached hydrogen (secondary N) is 1. The molecule has 0 spiro atoms. The minimum Gasteiger partial charge on any atom is -0.311 e. The predicted molar refractivity (Wildman–Crippen MR) is 111 cm³/mol. The zero-order valence-electron chi connectivity index (χ0n) is 18.2. The number of hydrogen-bond donors (Lipinski definition) is 1. The van der Waals surface area contributed by atoms with E-state index >= 15 is 0 Å². The lowest BCUT2D eigenvalue weighted by atomic mass is 9.64. The van der Waals surface area contributed by atoms with Crippen molar-refractivity contribution in [3.05, 3.63) is 0 Å². The van der Waals surface area contributed by atoms with E-state index in [1.165, 1.54) is 32.1 Å². The summed E-state index contributed by atoms with van der Waals surface area (Å²) in [6, 6.07) is 4.80. The molecule has 2 aliphatic carbocycles. The Labute approximate surface area is 167 Å². The molecule has 0 radical (unpaired) electrons. The molecular formula is C24H41N3. The van der Waals surface area contributed by atoms with Gasteiger partial charge in [-0.1, -0.05) is 27.7 Å². The fourth-order valence-electron chi connectivity index (χ4n) is 7.63. The quantitative estimate of drug-likeness (QED) is 0.779. The molecule has 10 atom stereocenters. The monoisotopic (exact) mass is 371 g/mol. The van der Waals surface area contributed by atoms with Crippen molar-refractivity contribution in [3.8, 4) is 6.07 Å². The van der Waals surface area contributed by atoms with Gasteiger partial charge in [0.25, 0.3) is 0 Å². The predicted octanol–water partition coefficient (Wildman–Crippen LogP) is 4.68. The fourth-order valence-corrected chi connectivity index (χ4v) is 7.63. The van der Waals surface area contributed by atoms with Crippen LogP contribution in [-0.2, 0) is 0 Å². The molecule has 1 N–H and O–H groups in total.